The first kappa shape index (κ1) is 12.5. The molecule has 5 nitrogen and oxygen atoms in total. The Morgan fingerprint density at radius 3 is 2.75 bits per heavy atom. The van der Waals surface area contributed by atoms with Crippen LogP contribution in [0.1, 0.15) is 27.7 Å². The highest BCUT2D eigenvalue weighted by Crippen LogP contribution is 2.22. The second-order valence-corrected chi connectivity index (χ2v) is 4.74. The number of furan rings is 1. The molecule has 1 N–H and O–H groups in total. The van der Waals surface area contributed by atoms with E-state index in [1.54, 1.807) is 12.1 Å². The van der Waals surface area contributed by atoms with Gasteiger partial charge in [0, 0.05) is 0 Å². The summed E-state index contributed by atoms with van der Waals surface area (Å²) >= 11 is 0. The third-order valence-electron chi connectivity index (χ3n) is 3.30. The molecule has 1 aromatic carbocycles. The lowest BCUT2D eigenvalue weighted by Crippen LogP contribution is -2.05. The van der Waals surface area contributed by atoms with Gasteiger partial charge in [-0.15, -0.1) is 0 Å². The molecule has 5 heteroatoms. The molecule has 2 aromatic heterocycles. The normalized spacial score (nSPS) is 11.1. The average molecular weight is 270 g/mol. The van der Waals surface area contributed by atoms with Gasteiger partial charge in [-0.05, 0) is 38.1 Å². The van der Waals surface area contributed by atoms with Gasteiger partial charge in [-0.3, -0.25) is 0 Å². The minimum Gasteiger partial charge on any atom is -0.478 e. The van der Waals surface area contributed by atoms with Gasteiger partial charge in [0.25, 0.3) is 0 Å². The minimum atomic E-state index is -0.952. The lowest BCUT2D eigenvalue weighted by Gasteiger charge is -2.06. The predicted molar refractivity (Wildman–Crippen MR) is 74.0 cm³/mol. The molecule has 0 fully saturated rings. The molecule has 0 unspecified atom stereocenters. The Labute approximate surface area is 115 Å². The van der Waals surface area contributed by atoms with Crippen molar-refractivity contribution < 1.29 is 14.3 Å². The van der Waals surface area contributed by atoms with Crippen molar-refractivity contribution >= 4 is 17.0 Å². The maximum Gasteiger partial charge on any atom is 0.337 e. The van der Waals surface area contributed by atoms with E-state index in [0.29, 0.717) is 17.6 Å². The molecule has 102 valence electrons. The molecule has 2 heterocycles. The third kappa shape index (κ3) is 1.97. The van der Waals surface area contributed by atoms with Crippen molar-refractivity contribution in [3.8, 4) is 0 Å². The molecule has 0 radical (unpaired) electrons. The molecule has 0 aliphatic heterocycles. The topological polar surface area (TPSA) is 68.3 Å². The molecule has 0 saturated carbocycles. The number of imidazole rings is 1. The Morgan fingerprint density at radius 2 is 2.10 bits per heavy atom. The van der Waals surface area contributed by atoms with Gasteiger partial charge >= 0.3 is 5.97 Å². The fourth-order valence-electron chi connectivity index (χ4n) is 2.39. The first-order valence-electron chi connectivity index (χ1n) is 6.30. The number of hydrogen-bond donors (Lipinski definition) is 1. The number of carbonyl (C=O) groups is 1. The van der Waals surface area contributed by atoms with Crippen LogP contribution < -0.4 is 0 Å². The first-order chi connectivity index (χ1) is 9.56. The van der Waals surface area contributed by atoms with Gasteiger partial charge in [0.1, 0.15) is 17.3 Å². The van der Waals surface area contributed by atoms with Crippen LogP contribution in [-0.2, 0) is 6.54 Å². The molecule has 0 spiro atoms. The van der Waals surface area contributed by atoms with Gasteiger partial charge in [-0.2, -0.15) is 0 Å². The fraction of sp³-hybridized carbons (Fsp3) is 0.200. The summed E-state index contributed by atoms with van der Waals surface area (Å²) in [5, 5.41) is 9.32. The number of carboxylic acids is 1. The molecular weight excluding hydrogens is 256 g/mol. The van der Waals surface area contributed by atoms with E-state index in [-0.39, 0.29) is 5.56 Å². The smallest absolute Gasteiger partial charge is 0.337 e. The molecule has 0 aliphatic carbocycles. The van der Waals surface area contributed by atoms with Crippen molar-refractivity contribution in [3.63, 3.8) is 0 Å². The van der Waals surface area contributed by atoms with Crippen LogP contribution in [0, 0.1) is 13.8 Å². The molecule has 3 aromatic rings. The summed E-state index contributed by atoms with van der Waals surface area (Å²) in [5.74, 6) is 1.43. The molecule has 0 bridgehead atoms. The largest absolute Gasteiger partial charge is 0.478 e. The van der Waals surface area contributed by atoms with Gasteiger partial charge in [0.15, 0.2) is 0 Å². The number of rotatable bonds is 3. The van der Waals surface area contributed by atoms with Gasteiger partial charge in [-0.1, -0.05) is 6.07 Å². The Bertz CT molecular complexity index is 799. The van der Waals surface area contributed by atoms with Crippen LogP contribution in [0.2, 0.25) is 0 Å². The van der Waals surface area contributed by atoms with E-state index in [2.05, 4.69) is 4.98 Å². The van der Waals surface area contributed by atoms with E-state index in [0.717, 1.165) is 17.3 Å². The first-order valence-corrected chi connectivity index (χ1v) is 6.30. The minimum absolute atomic E-state index is 0.256. The highest BCUT2D eigenvalue weighted by molar-refractivity contribution is 6.01. The average Bonchev–Trinajstić information content (AvgIpc) is 2.94. The van der Waals surface area contributed by atoms with E-state index >= 15 is 0 Å². The monoisotopic (exact) mass is 270 g/mol. The highest BCUT2D eigenvalue weighted by atomic mass is 16.4. The summed E-state index contributed by atoms with van der Waals surface area (Å²) in [6, 6.07) is 8.90. The lowest BCUT2D eigenvalue weighted by molar-refractivity contribution is 0.0698. The summed E-state index contributed by atoms with van der Waals surface area (Å²) in [4.78, 5) is 15.8. The second-order valence-electron chi connectivity index (χ2n) is 4.74. The van der Waals surface area contributed by atoms with Crippen LogP contribution >= 0.6 is 0 Å². The predicted octanol–water partition coefficient (Wildman–Crippen LogP) is 2.99. The highest BCUT2D eigenvalue weighted by Gasteiger charge is 2.16. The molecule has 0 atom stereocenters. The van der Waals surface area contributed by atoms with E-state index in [1.165, 1.54) is 0 Å². The standard InChI is InChI=1S/C15H14N2O3/c1-9-6-7-11(20-9)8-17-10(2)16-13-5-3-4-12(14(13)17)15(18)19/h3-7H,8H2,1-2H3,(H,18,19). The van der Waals surface area contributed by atoms with E-state index < -0.39 is 5.97 Å². The van der Waals surface area contributed by atoms with Gasteiger partial charge < -0.3 is 14.1 Å². The molecule has 0 amide bonds. The molecule has 20 heavy (non-hydrogen) atoms. The number of hydrogen-bond acceptors (Lipinski definition) is 3. The second kappa shape index (κ2) is 4.52. The Morgan fingerprint density at radius 1 is 1.30 bits per heavy atom. The summed E-state index contributed by atoms with van der Waals surface area (Å²) in [6.07, 6.45) is 0. The zero-order valence-electron chi connectivity index (χ0n) is 11.3. The maximum atomic E-state index is 11.4. The number of carboxylic acid groups (broad SMARTS) is 1. The van der Waals surface area contributed by atoms with Crippen molar-refractivity contribution in [1.29, 1.82) is 0 Å². The SMILES string of the molecule is Cc1ccc(Cn2c(C)nc3cccc(C(=O)O)c32)o1. The Hall–Kier alpha value is -2.56. The van der Waals surface area contributed by atoms with Crippen LogP contribution in [0.3, 0.4) is 0 Å². The van der Waals surface area contributed by atoms with Crippen molar-refractivity contribution in [3.05, 3.63) is 53.2 Å². The number of para-hydroxylation sites is 1. The Balaban J connectivity index is 2.18. The number of aryl methyl sites for hydroxylation is 2. The zero-order chi connectivity index (χ0) is 14.3. The third-order valence-corrected chi connectivity index (χ3v) is 3.30. The maximum absolute atomic E-state index is 11.4. The summed E-state index contributed by atoms with van der Waals surface area (Å²) in [7, 11) is 0. The van der Waals surface area contributed by atoms with Crippen LogP contribution in [0.5, 0.6) is 0 Å². The quantitative estimate of drug-likeness (QED) is 0.794. The van der Waals surface area contributed by atoms with Crippen LogP contribution in [-0.4, -0.2) is 20.6 Å². The summed E-state index contributed by atoms with van der Waals surface area (Å²) < 4.78 is 7.44. The summed E-state index contributed by atoms with van der Waals surface area (Å²) in [6.45, 7) is 4.22. The van der Waals surface area contributed by atoms with Gasteiger partial charge in [-0.25, -0.2) is 9.78 Å². The molecular formula is C15H14N2O3. The van der Waals surface area contributed by atoms with E-state index in [1.807, 2.05) is 36.6 Å². The van der Waals surface area contributed by atoms with E-state index in [4.69, 9.17) is 4.42 Å². The van der Waals surface area contributed by atoms with Crippen molar-refractivity contribution in [2.24, 2.45) is 0 Å². The van der Waals surface area contributed by atoms with Crippen molar-refractivity contribution in [2.75, 3.05) is 0 Å². The van der Waals surface area contributed by atoms with Crippen molar-refractivity contribution in [2.45, 2.75) is 20.4 Å². The van der Waals surface area contributed by atoms with Gasteiger partial charge in [0.2, 0.25) is 0 Å². The van der Waals surface area contributed by atoms with Crippen LogP contribution in [0.15, 0.2) is 34.7 Å². The number of aromatic nitrogens is 2. The van der Waals surface area contributed by atoms with E-state index in [9.17, 15) is 9.90 Å². The summed E-state index contributed by atoms with van der Waals surface area (Å²) in [5.41, 5.74) is 1.57. The number of aromatic carboxylic acids is 1. The number of fused-ring (bicyclic) bond motifs is 1. The van der Waals surface area contributed by atoms with Crippen LogP contribution in [0.25, 0.3) is 11.0 Å². The van der Waals surface area contributed by atoms with Crippen molar-refractivity contribution in [1.82, 2.24) is 9.55 Å². The lowest BCUT2D eigenvalue weighted by atomic mass is 10.2. The number of benzene rings is 1. The Kier molecular flexibility index (Phi) is 2.82. The molecule has 0 saturated heterocycles. The zero-order valence-corrected chi connectivity index (χ0v) is 11.3. The number of nitrogens with zero attached hydrogens (tertiary/aromatic N) is 2. The fourth-order valence-corrected chi connectivity index (χ4v) is 2.39. The van der Waals surface area contributed by atoms with Crippen LogP contribution in [0.4, 0.5) is 0 Å². The van der Waals surface area contributed by atoms with Gasteiger partial charge in [0.05, 0.1) is 23.1 Å². The molecule has 3 rings (SSSR count). The molecule has 0 aliphatic rings.